The topological polar surface area (TPSA) is 105 Å². The molecule has 2 aromatic carbocycles. The van der Waals surface area contributed by atoms with Gasteiger partial charge in [-0.2, -0.15) is 0 Å². The van der Waals surface area contributed by atoms with Gasteiger partial charge in [0.25, 0.3) is 11.6 Å². The Labute approximate surface area is 192 Å². The zero-order chi connectivity index (χ0) is 24.0. The molecular formula is C23H28N4O6. The minimum atomic E-state index is -0.780. The van der Waals surface area contributed by atoms with Crippen LogP contribution in [0.15, 0.2) is 42.5 Å². The van der Waals surface area contributed by atoms with Crippen molar-refractivity contribution in [3.8, 4) is 0 Å². The number of benzene rings is 2. The van der Waals surface area contributed by atoms with Gasteiger partial charge in [-0.3, -0.25) is 14.9 Å². The predicted molar refractivity (Wildman–Crippen MR) is 124 cm³/mol. The Hall–Kier alpha value is -3.66. The average molecular weight is 456 g/mol. The summed E-state index contributed by atoms with van der Waals surface area (Å²) in [4.78, 5) is 41.3. The Kier molecular flexibility index (Phi) is 7.83. The van der Waals surface area contributed by atoms with Gasteiger partial charge in [0.15, 0.2) is 6.61 Å². The van der Waals surface area contributed by atoms with E-state index in [0.29, 0.717) is 38.5 Å². The van der Waals surface area contributed by atoms with E-state index in [1.165, 1.54) is 23.1 Å². The minimum absolute atomic E-state index is 0.0563. The van der Waals surface area contributed by atoms with Crippen molar-refractivity contribution < 1.29 is 24.0 Å². The molecule has 0 unspecified atom stereocenters. The molecule has 0 saturated carbocycles. The predicted octanol–water partition coefficient (Wildman–Crippen LogP) is 2.31. The van der Waals surface area contributed by atoms with E-state index < -0.39 is 17.5 Å². The number of morpholine rings is 1. The zero-order valence-corrected chi connectivity index (χ0v) is 19.0. The van der Waals surface area contributed by atoms with Gasteiger partial charge in [0.1, 0.15) is 0 Å². The highest BCUT2D eigenvalue weighted by molar-refractivity contribution is 5.97. The Morgan fingerprint density at radius 2 is 1.76 bits per heavy atom. The first-order chi connectivity index (χ1) is 15.8. The molecule has 176 valence electrons. The lowest BCUT2D eigenvalue weighted by atomic mass is 10.1. The molecule has 1 aliphatic heterocycles. The van der Waals surface area contributed by atoms with Crippen molar-refractivity contribution in [2.24, 2.45) is 0 Å². The third-order valence-electron chi connectivity index (χ3n) is 5.39. The van der Waals surface area contributed by atoms with Gasteiger partial charge in [0.2, 0.25) is 0 Å². The number of carbonyl (C=O) groups is 2. The number of anilines is 2. The third kappa shape index (κ3) is 6.19. The number of ether oxygens (including phenoxy) is 2. The van der Waals surface area contributed by atoms with Crippen LogP contribution in [0.25, 0.3) is 0 Å². The fraction of sp³-hybridized carbons (Fsp3) is 0.391. The quantitative estimate of drug-likeness (QED) is 0.339. The van der Waals surface area contributed by atoms with Gasteiger partial charge in [0, 0.05) is 58.6 Å². The van der Waals surface area contributed by atoms with Crippen LogP contribution in [0.5, 0.6) is 0 Å². The Morgan fingerprint density at radius 3 is 2.36 bits per heavy atom. The van der Waals surface area contributed by atoms with Crippen molar-refractivity contribution >= 4 is 28.9 Å². The normalized spacial score (nSPS) is 13.4. The largest absolute Gasteiger partial charge is 0.452 e. The summed E-state index contributed by atoms with van der Waals surface area (Å²) in [6.07, 6.45) is 0. The number of nitro benzene ring substituents is 1. The van der Waals surface area contributed by atoms with Crippen molar-refractivity contribution in [2.75, 3.05) is 63.9 Å². The van der Waals surface area contributed by atoms with Crippen LogP contribution in [-0.2, 0) is 20.8 Å². The number of non-ortho nitro benzene ring substituents is 1. The van der Waals surface area contributed by atoms with Crippen LogP contribution in [0.4, 0.5) is 17.1 Å². The van der Waals surface area contributed by atoms with Gasteiger partial charge in [-0.05, 0) is 23.8 Å². The molecule has 1 heterocycles. The highest BCUT2D eigenvalue weighted by Crippen LogP contribution is 2.27. The van der Waals surface area contributed by atoms with Crippen LogP contribution in [0.3, 0.4) is 0 Å². The first kappa shape index (κ1) is 24.0. The van der Waals surface area contributed by atoms with Crippen molar-refractivity contribution in [3.05, 3.63) is 63.7 Å². The number of nitro groups is 1. The molecule has 33 heavy (non-hydrogen) atoms. The van der Waals surface area contributed by atoms with Gasteiger partial charge in [-0.15, -0.1) is 0 Å². The van der Waals surface area contributed by atoms with Crippen LogP contribution in [-0.4, -0.2) is 75.8 Å². The first-order valence-corrected chi connectivity index (χ1v) is 10.5. The summed E-state index contributed by atoms with van der Waals surface area (Å²) in [5.41, 5.74) is 2.35. The molecule has 0 spiro atoms. The van der Waals surface area contributed by atoms with E-state index in [1.807, 2.05) is 48.2 Å². The molecule has 0 radical (unpaired) electrons. The average Bonchev–Trinajstić information content (AvgIpc) is 2.82. The first-order valence-electron chi connectivity index (χ1n) is 10.5. The van der Waals surface area contributed by atoms with E-state index in [0.717, 1.165) is 11.3 Å². The molecule has 10 heteroatoms. The Bertz CT molecular complexity index is 1000. The molecule has 0 aromatic heterocycles. The standard InChI is InChI=1S/C23H28N4O6/c1-24(2)18-6-4-17(5-7-18)15-25(3)22(28)16-33-23(29)20-14-19(27(30)31)8-9-21(20)26-10-12-32-13-11-26/h4-9,14H,10-13,15-16H2,1-3H3. The second-order valence-electron chi connectivity index (χ2n) is 7.94. The molecule has 0 atom stereocenters. The highest BCUT2D eigenvalue weighted by Gasteiger charge is 2.24. The maximum atomic E-state index is 12.8. The number of hydrogen-bond donors (Lipinski definition) is 0. The number of rotatable bonds is 8. The Balaban J connectivity index is 1.65. The number of likely N-dealkylation sites (N-methyl/N-ethyl adjacent to an activating group) is 1. The lowest BCUT2D eigenvalue weighted by molar-refractivity contribution is -0.384. The van der Waals surface area contributed by atoms with Crippen molar-refractivity contribution in [3.63, 3.8) is 0 Å². The monoisotopic (exact) mass is 456 g/mol. The summed E-state index contributed by atoms with van der Waals surface area (Å²) in [6.45, 7) is 1.98. The maximum absolute atomic E-state index is 12.8. The lowest BCUT2D eigenvalue weighted by Crippen LogP contribution is -2.37. The number of esters is 1. The van der Waals surface area contributed by atoms with Gasteiger partial charge < -0.3 is 24.2 Å². The number of nitrogens with zero attached hydrogens (tertiary/aromatic N) is 4. The summed E-state index contributed by atoms with van der Waals surface area (Å²) in [5, 5.41) is 11.2. The van der Waals surface area contributed by atoms with Crippen LogP contribution < -0.4 is 9.80 Å². The fourth-order valence-corrected chi connectivity index (χ4v) is 3.46. The van der Waals surface area contributed by atoms with Crippen LogP contribution in [0.1, 0.15) is 15.9 Å². The van der Waals surface area contributed by atoms with Gasteiger partial charge in [-0.25, -0.2) is 4.79 Å². The molecule has 2 aromatic rings. The van der Waals surface area contributed by atoms with Crippen molar-refractivity contribution in [2.45, 2.75) is 6.54 Å². The van der Waals surface area contributed by atoms with E-state index in [9.17, 15) is 19.7 Å². The van der Waals surface area contributed by atoms with Gasteiger partial charge in [-0.1, -0.05) is 12.1 Å². The second-order valence-corrected chi connectivity index (χ2v) is 7.94. The number of carbonyl (C=O) groups excluding carboxylic acids is 2. The SMILES string of the molecule is CN(Cc1ccc(N(C)C)cc1)C(=O)COC(=O)c1cc([N+](=O)[O-])ccc1N1CCOCC1. The maximum Gasteiger partial charge on any atom is 0.341 e. The van der Waals surface area contributed by atoms with Gasteiger partial charge in [0.05, 0.1) is 29.4 Å². The molecule has 1 fully saturated rings. The summed E-state index contributed by atoms with van der Waals surface area (Å²) >= 11 is 0. The van der Waals surface area contributed by atoms with E-state index in [4.69, 9.17) is 9.47 Å². The highest BCUT2D eigenvalue weighted by atomic mass is 16.6. The molecular weight excluding hydrogens is 428 g/mol. The fourth-order valence-electron chi connectivity index (χ4n) is 3.46. The van der Waals surface area contributed by atoms with E-state index >= 15 is 0 Å². The Morgan fingerprint density at radius 1 is 1.09 bits per heavy atom. The minimum Gasteiger partial charge on any atom is -0.452 e. The molecule has 1 saturated heterocycles. The molecule has 1 amide bonds. The second kappa shape index (κ2) is 10.8. The van der Waals surface area contributed by atoms with Crippen molar-refractivity contribution in [1.82, 2.24) is 4.90 Å². The van der Waals surface area contributed by atoms with Gasteiger partial charge >= 0.3 is 5.97 Å². The number of hydrogen-bond acceptors (Lipinski definition) is 8. The zero-order valence-electron chi connectivity index (χ0n) is 19.0. The summed E-state index contributed by atoms with van der Waals surface area (Å²) in [5.74, 6) is -1.16. The molecule has 0 aliphatic carbocycles. The molecule has 3 rings (SSSR count). The molecule has 0 bridgehead atoms. The summed E-state index contributed by atoms with van der Waals surface area (Å²) in [6, 6.07) is 11.9. The smallest absolute Gasteiger partial charge is 0.341 e. The molecule has 10 nitrogen and oxygen atoms in total. The van der Waals surface area contributed by atoms with Crippen molar-refractivity contribution in [1.29, 1.82) is 0 Å². The molecule has 0 N–H and O–H groups in total. The van der Waals surface area contributed by atoms with E-state index in [2.05, 4.69) is 0 Å². The lowest BCUT2D eigenvalue weighted by Gasteiger charge is -2.30. The van der Waals surface area contributed by atoms with Crippen LogP contribution in [0, 0.1) is 10.1 Å². The number of amides is 1. The van der Waals surface area contributed by atoms with E-state index in [-0.39, 0.29) is 17.2 Å². The third-order valence-corrected chi connectivity index (χ3v) is 5.39. The van der Waals surface area contributed by atoms with Crippen LogP contribution >= 0.6 is 0 Å². The summed E-state index contributed by atoms with van der Waals surface area (Å²) in [7, 11) is 5.53. The summed E-state index contributed by atoms with van der Waals surface area (Å²) < 4.78 is 10.6. The molecule has 1 aliphatic rings. The van der Waals surface area contributed by atoms with E-state index in [1.54, 1.807) is 7.05 Å². The van der Waals surface area contributed by atoms with Crippen LogP contribution in [0.2, 0.25) is 0 Å².